The fraction of sp³-hybridized carbons (Fsp3) is 0.111. The molecule has 2 rings (SSSR count). The van der Waals surface area contributed by atoms with Crippen LogP contribution in [0.25, 0.3) is 0 Å². The summed E-state index contributed by atoms with van der Waals surface area (Å²) in [5.74, 6) is 0. The van der Waals surface area contributed by atoms with Crippen molar-refractivity contribution in [1.82, 2.24) is 0 Å². The maximum Gasteiger partial charge on any atom is 0.417 e. The van der Waals surface area contributed by atoms with Crippen LogP contribution >= 0.6 is 8.25 Å². The highest BCUT2D eigenvalue weighted by Crippen LogP contribution is 2.26. The van der Waals surface area contributed by atoms with E-state index in [1.165, 1.54) is 12.2 Å². The zero-order valence-corrected chi connectivity index (χ0v) is 13.9. The summed E-state index contributed by atoms with van der Waals surface area (Å²) in [6, 6.07) is 18.0. The van der Waals surface area contributed by atoms with E-state index in [9.17, 15) is 14.8 Å². The van der Waals surface area contributed by atoms with E-state index in [0.717, 1.165) is 12.5 Å². The van der Waals surface area contributed by atoms with Gasteiger partial charge in [-0.1, -0.05) is 60.7 Å². The minimum absolute atomic E-state index is 0.698. The van der Waals surface area contributed by atoms with E-state index in [4.69, 9.17) is 9.05 Å². The van der Waals surface area contributed by atoms with Gasteiger partial charge in [-0.3, -0.25) is 0 Å². The van der Waals surface area contributed by atoms with Crippen molar-refractivity contribution in [2.45, 2.75) is 12.2 Å². The zero-order chi connectivity index (χ0) is 17.2. The Morgan fingerprint density at radius 2 is 1.12 bits per heavy atom. The molecule has 2 atom stereocenters. The molecular formula is C18H19O5P. The maximum atomic E-state index is 11.6. The molecule has 24 heavy (non-hydrogen) atoms. The number of aliphatic hydroxyl groups is 2. The van der Waals surface area contributed by atoms with Gasteiger partial charge in [0, 0.05) is 0 Å². The van der Waals surface area contributed by atoms with Gasteiger partial charge in [0.2, 0.25) is 0 Å². The molecule has 0 amide bonds. The van der Waals surface area contributed by atoms with E-state index in [-0.39, 0.29) is 0 Å². The van der Waals surface area contributed by atoms with Crippen molar-refractivity contribution in [1.29, 1.82) is 0 Å². The molecule has 0 saturated heterocycles. The van der Waals surface area contributed by atoms with E-state index >= 15 is 0 Å². The monoisotopic (exact) mass is 346 g/mol. The van der Waals surface area contributed by atoms with Crippen molar-refractivity contribution >= 4 is 8.25 Å². The van der Waals surface area contributed by atoms with Crippen LogP contribution in [0.15, 0.2) is 85.3 Å². The molecule has 0 radical (unpaired) electrons. The summed E-state index contributed by atoms with van der Waals surface area (Å²) in [6.07, 6.45) is 3.31. The highest BCUT2D eigenvalue weighted by molar-refractivity contribution is 7.33. The van der Waals surface area contributed by atoms with E-state index in [1.54, 1.807) is 24.3 Å². The molecule has 0 aliphatic heterocycles. The molecule has 0 saturated carbocycles. The molecule has 2 aromatic carbocycles. The number of aliphatic hydroxyl groups excluding tert-OH is 2. The largest absolute Gasteiger partial charge is 0.426 e. The van der Waals surface area contributed by atoms with Crippen LogP contribution in [0.4, 0.5) is 0 Å². The summed E-state index contributed by atoms with van der Waals surface area (Å²) < 4.78 is 21.3. The van der Waals surface area contributed by atoms with Gasteiger partial charge in [-0.25, -0.2) is 4.57 Å². The normalized spacial score (nSPS) is 15.2. The number of hydrogen-bond donors (Lipinski definition) is 2. The van der Waals surface area contributed by atoms with Gasteiger partial charge in [0.25, 0.3) is 0 Å². The third-order valence-electron chi connectivity index (χ3n) is 3.13. The number of benzene rings is 2. The van der Waals surface area contributed by atoms with Gasteiger partial charge >= 0.3 is 8.25 Å². The molecule has 5 nitrogen and oxygen atoms in total. The lowest BCUT2D eigenvalue weighted by Gasteiger charge is -2.06. The zero-order valence-electron chi connectivity index (χ0n) is 12.9. The molecule has 0 heterocycles. The predicted octanol–water partition coefficient (Wildman–Crippen LogP) is 3.90. The minimum atomic E-state index is -2.79. The van der Waals surface area contributed by atoms with Gasteiger partial charge in [-0.05, 0) is 23.3 Å². The molecule has 2 N–H and O–H groups in total. The Hall–Kier alpha value is -2.33. The second-order valence-electron chi connectivity index (χ2n) is 4.85. The van der Waals surface area contributed by atoms with Crippen LogP contribution in [-0.2, 0) is 13.6 Å². The second-order valence-corrected chi connectivity index (χ2v) is 5.83. The third kappa shape index (κ3) is 6.05. The third-order valence-corrected chi connectivity index (χ3v) is 3.79. The summed E-state index contributed by atoms with van der Waals surface area (Å²) in [6.45, 7) is 0. The smallest absolute Gasteiger partial charge is 0.417 e. The molecule has 126 valence electrons. The average molecular weight is 346 g/mol. The van der Waals surface area contributed by atoms with Gasteiger partial charge in [0.1, 0.15) is 12.2 Å². The van der Waals surface area contributed by atoms with Crippen molar-refractivity contribution in [3.63, 3.8) is 0 Å². The van der Waals surface area contributed by atoms with Crippen molar-refractivity contribution in [2.75, 3.05) is 0 Å². The molecule has 0 bridgehead atoms. The molecule has 0 spiro atoms. The lowest BCUT2D eigenvalue weighted by Crippen LogP contribution is -1.92. The van der Waals surface area contributed by atoms with Crippen LogP contribution in [0.3, 0.4) is 0 Å². The number of hydrogen-bond acceptors (Lipinski definition) is 5. The Balaban J connectivity index is 1.75. The molecule has 0 fully saturated rings. The fourth-order valence-corrected chi connectivity index (χ4v) is 2.32. The SMILES string of the molecule is O=[PH](OC=CC(O)c1ccccc1)OC=CC(O)c1ccccc1. The topological polar surface area (TPSA) is 76.0 Å². The van der Waals surface area contributed by atoms with Crippen LogP contribution < -0.4 is 0 Å². The quantitative estimate of drug-likeness (QED) is 0.560. The highest BCUT2D eigenvalue weighted by atomic mass is 31.1. The van der Waals surface area contributed by atoms with E-state index < -0.39 is 20.5 Å². The van der Waals surface area contributed by atoms with Crippen LogP contribution in [-0.4, -0.2) is 10.2 Å². The van der Waals surface area contributed by atoms with Gasteiger partial charge in [0.15, 0.2) is 0 Å². The Morgan fingerprint density at radius 3 is 1.50 bits per heavy atom. The Morgan fingerprint density at radius 1 is 0.750 bits per heavy atom. The van der Waals surface area contributed by atoms with Crippen molar-refractivity contribution < 1.29 is 23.8 Å². The van der Waals surface area contributed by atoms with Crippen molar-refractivity contribution in [3.8, 4) is 0 Å². The Kier molecular flexibility index (Phi) is 7.30. The summed E-state index contributed by atoms with van der Waals surface area (Å²) in [5, 5.41) is 19.7. The number of rotatable bonds is 8. The summed E-state index contributed by atoms with van der Waals surface area (Å²) in [5.41, 5.74) is 1.40. The second kappa shape index (κ2) is 9.73. The average Bonchev–Trinajstić information content (AvgIpc) is 2.63. The molecule has 6 heteroatoms. The van der Waals surface area contributed by atoms with Crippen LogP contribution in [0.2, 0.25) is 0 Å². The standard InChI is InChI=1S/C18H19O5P/c19-17(15-7-3-1-4-8-15)11-13-22-24(21)23-14-12-18(20)16-9-5-2-6-10-16/h1-14,17-20,24H. The van der Waals surface area contributed by atoms with Crippen LogP contribution in [0, 0.1) is 0 Å². The fourth-order valence-electron chi connectivity index (χ4n) is 1.89. The van der Waals surface area contributed by atoms with Crippen molar-refractivity contribution in [2.24, 2.45) is 0 Å². The molecular weight excluding hydrogens is 327 g/mol. The first-order chi connectivity index (χ1) is 11.7. The van der Waals surface area contributed by atoms with E-state index in [2.05, 4.69) is 0 Å². The van der Waals surface area contributed by atoms with E-state index in [0.29, 0.717) is 11.1 Å². The summed E-state index contributed by atoms with van der Waals surface area (Å²) in [4.78, 5) is 0. The lowest BCUT2D eigenvalue weighted by molar-refractivity contribution is 0.223. The van der Waals surface area contributed by atoms with E-state index in [1.807, 2.05) is 36.4 Å². The highest BCUT2D eigenvalue weighted by Gasteiger charge is 2.03. The van der Waals surface area contributed by atoms with Gasteiger partial charge < -0.3 is 19.3 Å². The molecule has 0 aliphatic rings. The maximum absolute atomic E-state index is 11.6. The minimum Gasteiger partial charge on any atom is -0.426 e. The molecule has 0 aliphatic carbocycles. The Labute approximate surface area is 141 Å². The summed E-state index contributed by atoms with van der Waals surface area (Å²) in [7, 11) is -2.79. The molecule has 2 aromatic rings. The van der Waals surface area contributed by atoms with Gasteiger partial charge in [0.05, 0.1) is 12.5 Å². The first kappa shape index (κ1) is 18.0. The molecule has 2 unspecified atom stereocenters. The molecule has 0 aromatic heterocycles. The van der Waals surface area contributed by atoms with Crippen molar-refractivity contribution in [3.05, 3.63) is 96.5 Å². The predicted molar refractivity (Wildman–Crippen MR) is 92.3 cm³/mol. The Bertz CT molecular complexity index is 626. The first-order valence-electron chi connectivity index (χ1n) is 7.33. The lowest BCUT2D eigenvalue weighted by atomic mass is 10.1. The van der Waals surface area contributed by atoms with Gasteiger partial charge in [-0.2, -0.15) is 0 Å². The first-order valence-corrected chi connectivity index (χ1v) is 8.56. The van der Waals surface area contributed by atoms with Gasteiger partial charge in [-0.15, -0.1) is 0 Å². The van der Waals surface area contributed by atoms with Crippen LogP contribution in [0.5, 0.6) is 0 Å². The summed E-state index contributed by atoms with van der Waals surface area (Å²) >= 11 is 0. The van der Waals surface area contributed by atoms with Crippen LogP contribution in [0.1, 0.15) is 23.3 Å².